The van der Waals surface area contributed by atoms with Crippen molar-refractivity contribution >= 4 is 0 Å². The summed E-state index contributed by atoms with van der Waals surface area (Å²) in [5, 5.41) is 0. The predicted molar refractivity (Wildman–Crippen MR) is 54.2 cm³/mol. The van der Waals surface area contributed by atoms with Crippen molar-refractivity contribution < 1.29 is 0 Å². The second-order valence-corrected chi connectivity index (χ2v) is 4.15. The van der Waals surface area contributed by atoms with Gasteiger partial charge >= 0.3 is 0 Å². The maximum Gasteiger partial charge on any atom is 0.00440 e. The van der Waals surface area contributed by atoms with Gasteiger partial charge in [-0.3, -0.25) is 0 Å². The molecule has 1 aliphatic rings. The first-order chi connectivity index (χ1) is 5.70. The van der Waals surface area contributed by atoms with Gasteiger partial charge in [0.2, 0.25) is 0 Å². The first-order valence-electron chi connectivity index (χ1n) is 5.07. The molecule has 1 nitrogen and oxygen atoms in total. The molecule has 0 spiro atoms. The molecule has 1 unspecified atom stereocenters. The van der Waals surface area contributed by atoms with Crippen LogP contribution < -0.4 is 0 Å². The van der Waals surface area contributed by atoms with Gasteiger partial charge in [-0.15, -0.1) is 0 Å². The highest BCUT2D eigenvalue weighted by atomic mass is 15.1. The molecule has 0 aliphatic heterocycles. The van der Waals surface area contributed by atoms with Gasteiger partial charge in [-0.05, 0) is 46.1 Å². The zero-order valence-corrected chi connectivity index (χ0v) is 8.59. The zero-order chi connectivity index (χ0) is 8.97. The van der Waals surface area contributed by atoms with Crippen molar-refractivity contribution in [2.75, 3.05) is 13.6 Å². The van der Waals surface area contributed by atoms with Gasteiger partial charge in [0.05, 0.1) is 0 Å². The molecule has 1 aliphatic carbocycles. The van der Waals surface area contributed by atoms with Crippen molar-refractivity contribution in [3.63, 3.8) is 0 Å². The molecular formula is C11H21N. The summed E-state index contributed by atoms with van der Waals surface area (Å²) in [5.41, 5.74) is 0. The molecule has 0 bridgehead atoms. The van der Waals surface area contributed by atoms with Gasteiger partial charge in [0, 0.05) is 12.6 Å². The van der Waals surface area contributed by atoms with E-state index in [-0.39, 0.29) is 0 Å². The molecule has 0 amide bonds. The second-order valence-electron chi connectivity index (χ2n) is 4.15. The van der Waals surface area contributed by atoms with Crippen LogP contribution in [0.3, 0.4) is 0 Å². The van der Waals surface area contributed by atoms with Crippen LogP contribution in [0.4, 0.5) is 0 Å². The van der Waals surface area contributed by atoms with E-state index in [0.29, 0.717) is 6.04 Å². The number of rotatable bonds is 3. The number of allylic oxidation sites excluding steroid dienone is 1. The van der Waals surface area contributed by atoms with Crippen molar-refractivity contribution in [3.8, 4) is 0 Å². The summed E-state index contributed by atoms with van der Waals surface area (Å²) in [7, 11) is 2.22. The fourth-order valence-corrected chi connectivity index (χ4v) is 1.62. The van der Waals surface area contributed by atoms with Gasteiger partial charge in [-0.2, -0.15) is 0 Å². The summed E-state index contributed by atoms with van der Waals surface area (Å²) in [6, 6.07) is 0.681. The first-order valence-corrected chi connectivity index (χ1v) is 5.07. The Morgan fingerprint density at radius 2 is 2.25 bits per heavy atom. The lowest BCUT2D eigenvalue weighted by Gasteiger charge is -2.26. The summed E-state index contributed by atoms with van der Waals surface area (Å²) in [6.07, 6.45) is 8.78. The Balaban J connectivity index is 2.29. The SMILES string of the molecule is CC(C)N(C)CC1C=CCCC1. The second kappa shape index (κ2) is 4.66. The molecule has 12 heavy (non-hydrogen) atoms. The van der Waals surface area contributed by atoms with E-state index in [4.69, 9.17) is 0 Å². The molecule has 1 atom stereocenters. The normalized spacial score (nSPS) is 23.9. The third kappa shape index (κ3) is 2.98. The summed E-state index contributed by atoms with van der Waals surface area (Å²) >= 11 is 0. The Morgan fingerprint density at radius 1 is 1.50 bits per heavy atom. The summed E-state index contributed by atoms with van der Waals surface area (Å²) in [5.74, 6) is 0.811. The number of hydrogen-bond acceptors (Lipinski definition) is 1. The average Bonchev–Trinajstić information content (AvgIpc) is 2.06. The van der Waals surface area contributed by atoms with Crippen molar-refractivity contribution in [1.82, 2.24) is 4.90 Å². The molecule has 0 fully saturated rings. The van der Waals surface area contributed by atoms with Gasteiger partial charge in [0.15, 0.2) is 0 Å². The van der Waals surface area contributed by atoms with Crippen molar-refractivity contribution in [2.45, 2.75) is 39.2 Å². The Kier molecular flexibility index (Phi) is 3.80. The lowest BCUT2D eigenvalue weighted by Crippen LogP contribution is -2.31. The van der Waals surface area contributed by atoms with E-state index >= 15 is 0 Å². The molecular weight excluding hydrogens is 146 g/mol. The van der Waals surface area contributed by atoms with E-state index in [2.05, 4.69) is 37.9 Å². The van der Waals surface area contributed by atoms with Gasteiger partial charge in [-0.1, -0.05) is 12.2 Å². The molecule has 0 aromatic rings. The molecule has 70 valence electrons. The smallest absolute Gasteiger partial charge is 0.00440 e. The minimum Gasteiger partial charge on any atom is -0.303 e. The van der Waals surface area contributed by atoms with E-state index in [9.17, 15) is 0 Å². The molecule has 0 saturated heterocycles. The van der Waals surface area contributed by atoms with E-state index < -0.39 is 0 Å². The third-order valence-corrected chi connectivity index (χ3v) is 2.76. The molecule has 1 rings (SSSR count). The van der Waals surface area contributed by atoms with Crippen LogP contribution in [-0.2, 0) is 0 Å². The van der Waals surface area contributed by atoms with E-state index in [1.807, 2.05) is 0 Å². The quantitative estimate of drug-likeness (QED) is 0.584. The van der Waals surface area contributed by atoms with Gasteiger partial charge < -0.3 is 4.90 Å². The minimum atomic E-state index is 0.681. The number of nitrogens with zero attached hydrogens (tertiary/aromatic N) is 1. The van der Waals surface area contributed by atoms with Crippen LogP contribution >= 0.6 is 0 Å². The third-order valence-electron chi connectivity index (χ3n) is 2.76. The van der Waals surface area contributed by atoms with Crippen LogP contribution in [0.5, 0.6) is 0 Å². The van der Waals surface area contributed by atoms with Crippen LogP contribution in [0, 0.1) is 5.92 Å². The van der Waals surface area contributed by atoms with E-state index in [0.717, 1.165) is 5.92 Å². The van der Waals surface area contributed by atoms with E-state index in [1.165, 1.54) is 25.8 Å². The van der Waals surface area contributed by atoms with Crippen molar-refractivity contribution in [1.29, 1.82) is 0 Å². The fraction of sp³-hybridized carbons (Fsp3) is 0.818. The molecule has 0 aromatic carbocycles. The highest BCUT2D eigenvalue weighted by molar-refractivity contribution is 4.94. The molecule has 0 radical (unpaired) electrons. The highest BCUT2D eigenvalue weighted by Gasteiger charge is 2.12. The Bertz CT molecular complexity index is 149. The van der Waals surface area contributed by atoms with Crippen LogP contribution in [0.25, 0.3) is 0 Å². The number of hydrogen-bond donors (Lipinski definition) is 0. The Labute approximate surface area is 76.5 Å². The Morgan fingerprint density at radius 3 is 2.75 bits per heavy atom. The van der Waals surface area contributed by atoms with Crippen molar-refractivity contribution in [2.24, 2.45) is 5.92 Å². The van der Waals surface area contributed by atoms with Crippen molar-refractivity contribution in [3.05, 3.63) is 12.2 Å². The standard InChI is InChI=1S/C11H21N/c1-10(2)12(3)9-11-7-5-4-6-8-11/h5,7,10-11H,4,6,8-9H2,1-3H3. The minimum absolute atomic E-state index is 0.681. The zero-order valence-electron chi connectivity index (χ0n) is 8.59. The molecule has 0 saturated carbocycles. The largest absolute Gasteiger partial charge is 0.303 e. The lowest BCUT2D eigenvalue weighted by atomic mass is 9.95. The average molecular weight is 167 g/mol. The fourth-order valence-electron chi connectivity index (χ4n) is 1.62. The first kappa shape index (κ1) is 9.79. The molecule has 1 heteroatoms. The maximum absolute atomic E-state index is 2.43. The van der Waals surface area contributed by atoms with E-state index in [1.54, 1.807) is 0 Å². The van der Waals surface area contributed by atoms with Gasteiger partial charge in [0.25, 0.3) is 0 Å². The monoisotopic (exact) mass is 167 g/mol. The topological polar surface area (TPSA) is 3.24 Å². The molecule has 0 heterocycles. The lowest BCUT2D eigenvalue weighted by molar-refractivity contribution is 0.239. The summed E-state index contributed by atoms with van der Waals surface area (Å²) in [4.78, 5) is 2.43. The maximum atomic E-state index is 2.43. The van der Waals surface area contributed by atoms with Gasteiger partial charge in [0.1, 0.15) is 0 Å². The van der Waals surface area contributed by atoms with Crippen LogP contribution in [0.2, 0.25) is 0 Å². The van der Waals surface area contributed by atoms with Crippen LogP contribution in [0.1, 0.15) is 33.1 Å². The Hall–Kier alpha value is -0.300. The van der Waals surface area contributed by atoms with Crippen LogP contribution in [0.15, 0.2) is 12.2 Å². The highest BCUT2D eigenvalue weighted by Crippen LogP contribution is 2.18. The summed E-state index contributed by atoms with van der Waals surface area (Å²) < 4.78 is 0. The summed E-state index contributed by atoms with van der Waals surface area (Å²) in [6.45, 7) is 5.74. The van der Waals surface area contributed by atoms with Crippen LogP contribution in [-0.4, -0.2) is 24.5 Å². The molecule has 0 aromatic heterocycles. The van der Waals surface area contributed by atoms with Gasteiger partial charge in [-0.25, -0.2) is 0 Å². The predicted octanol–water partition coefficient (Wildman–Crippen LogP) is 2.68. The molecule has 0 N–H and O–H groups in total.